The highest BCUT2D eigenvalue weighted by atomic mass is 16.5. The standard InChI is InChI=1S/C16H24N6O/c1-4-18-16(21(2)12-14-10-20-22(3)13-14)19-8-9-23-15-6-5-7-17-11-15/h5-7,10-11,13H,4,8-9,12H2,1-3H3,(H,18,19). The number of hydrogen-bond donors (Lipinski definition) is 1. The van der Waals surface area contributed by atoms with Gasteiger partial charge in [0.2, 0.25) is 0 Å². The van der Waals surface area contributed by atoms with Gasteiger partial charge >= 0.3 is 0 Å². The van der Waals surface area contributed by atoms with Gasteiger partial charge in [-0.25, -0.2) is 4.99 Å². The summed E-state index contributed by atoms with van der Waals surface area (Å²) in [7, 11) is 3.93. The molecular formula is C16H24N6O. The molecule has 2 aromatic heterocycles. The number of guanidine groups is 1. The van der Waals surface area contributed by atoms with Gasteiger partial charge in [0, 0.05) is 45.1 Å². The maximum atomic E-state index is 5.61. The molecule has 7 heteroatoms. The van der Waals surface area contributed by atoms with E-state index in [0.717, 1.165) is 30.4 Å². The molecule has 0 radical (unpaired) electrons. The van der Waals surface area contributed by atoms with E-state index in [4.69, 9.17) is 4.74 Å². The van der Waals surface area contributed by atoms with E-state index in [9.17, 15) is 0 Å². The summed E-state index contributed by atoms with van der Waals surface area (Å²) in [5, 5.41) is 7.48. The molecular weight excluding hydrogens is 292 g/mol. The first kappa shape index (κ1) is 16.8. The van der Waals surface area contributed by atoms with Crippen molar-refractivity contribution in [2.24, 2.45) is 12.0 Å². The Balaban J connectivity index is 1.85. The first-order valence-electron chi connectivity index (χ1n) is 7.69. The van der Waals surface area contributed by atoms with E-state index in [1.54, 1.807) is 17.1 Å². The highest BCUT2D eigenvalue weighted by Crippen LogP contribution is 2.05. The summed E-state index contributed by atoms with van der Waals surface area (Å²) in [6.45, 7) is 4.72. The summed E-state index contributed by atoms with van der Waals surface area (Å²) in [6.07, 6.45) is 7.29. The van der Waals surface area contributed by atoms with Crippen LogP contribution in [0.15, 0.2) is 41.9 Å². The van der Waals surface area contributed by atoms with Crippen LogP contribution in [0.5, 0.6) is 5.75 Å². The molecule has 0 spiro atoms. The fourth-order valence-corrected chi connectivity index (χ4v) is 2.12. The molecule has 0 amide bonds. The molecule has 2 aromatic rings. The average molecular weight is 316 g/mol. The van der Waals surface area contributed by atoms with E-state index < -0.39 is 0 Å². The molecule has 2 heterocycles. The lowest BCUT2D eigenvalue weighted by atomic mass is 10.3. The van der Waals surface area contributed by atoms with Crippen molar-refractivity contribution in [1.29, 1.82) is 0 Å². The van der Waals surface area contributed by atoms with Crippen LogP contribution in [0.4, 0.5) is 0 Å². The van der Waals surface area contributed by atoms with E-state index in [2.05, 4.69) is 32.2 Å². The van der Waals surface area contributed by atoms with E-state index in [1.807, 2.05) is 38.6 Å². The average Bonchev–Trinajstić information content (AvgIpc) is 2.96. The topological polar surface area (TPSA) is 67.6 Å². The molecule has 0 atom stereocenters. The van der Waals surface area contributed by atoms with Gasteiger partial charge in [0.15, 0.2) is 5.96 Å². The Morgan fingerprint density at radius 2 is 2.30 bits per heavy atom. The maximum Gasteiger partial charge on any atom is 0.194 e. The maximum absolute atomic E-state index is 5.61. The third-order valence-electron chi connectivity index (χ3n) is 3.13. The highest BCUT2D eigenvalue weighted by Gasteiger charge is 2.07. The number of pyridine rings is 1. The van der Waals surface area contributed by atoms with Gasteiger partial charge in [-0.3, -0.25) is 9.67 Å². The Labute approximate surface area is 137 Å². The number of nitrogens with zero attached hydrogens (tertiary/aromatic N) is 5. The Bertz CT molecular complexity index is 610. The molecule has 0 saturated heterocycles. The molecule has 0 saturated carbocycles. The van der Waals surface area contributed by atoms with Gasteiger partial charge in [-0.1, -0.05) is 0 Å². The van der Waals surface area contributed by atoms with Gasteiger partial charge in [0.05, 0.1) is 18.9 Å². The Hall–Kier alpha value is -2.57. The molecule has 0 aliphatic rings. The van der Waals surface area contributed by atoms with Crippen LogP contribution < -0.4 is 10.1 Å². The van der Waals surface area contributed by atoms with Crippen molar-refractivity contribution < 1.29 is 4.74 Å². The summed E-state index contributed by atoms with van der Waals surface area (Å²) >= 11 is 0. The molecule has 7 nitrogen and oxygen atoms in total. The van der Waals surface area contributed by atoms with Crippen LogP contribution in [0.3, 0.4) is 0 Å². The number of nitrogens with one attached hydrogen (secondary N) is 1. The summed E-state index contributed by atoms with van der Waals surface area (Å²) in [6, 6.07) is 3.74. The number of aromatic nitrogens is 3. The lowest BCUT2D eigenvalue weighted by Crippen LogP contribution is -2.38. The second-order valence-corrected chi connectivity index (χ2v) is 5.15. The van der Waals surface area contributed by atoms with E-state index in [-0.39, 0.29) is 0 Å². The predicted octanol–water partition coefficient (Wildman–Crippen LogP) is 1.29. The van der Waals surface area contributed by atoms with Crippen molar-refractivity contribution >= 4 is 5.96 Å². The second-order valence-electron chi connectivity index (χ2n) is 5.15. The molecule has 0 aliphatic carbocycles. The zero-order valence-corrected chi connectivity index (χ0v) is 13.9. The van der Waals surface area contributed by atoms with Gasteiger partial charge in [0.25, 0.3) is 0 Å². The van der Waals surface area contributed by atoms with Crippen LogP contribution in [-0.4, -0.2) is 52.4 Å². The van der Waals surface area contributed by atoms with E-state index >= 15 is 0 Å². The molecule has 2 rings (SSSR count). The van der Waals surface area contributed by atoms with Crippen LogP contribution in [0.2, 0.25) is 0 Å². The minimum Gasteiger partial charge on any atom is -0.490 e. The van der Waals surface area contributed by atoms with Crippen LogP contribution in [0.1, 0.15) is 12.5 Å². The number of ether oxygens (including phenoxy) is 1. The molecule has 0 unspecified atom stereocenters. The first-order valence-corrected chi connectivity index (χ1v) is 7.69. The molecule has 0 aliphatic heterocycles. The normalized spacial score (nSPS) is 11.3. The SMILES string of the molecule is CCNC(=NCCOc1cccnc1)N(C)Cc1cnn(C)c1. The zero-order chi connectivity index (χ0) is 16.5. The van der Waals surface area contributed by atoms with Gasteiger partial charge in [-0.2, -0.15) is 5.10 Å². The lowest BCUT2D eigenvalue weighted by molar-refractivity contribution is 0.326. The molecule has 124 valence electrons. The molecule has 0 bridgehead atoms. The van der Waals surface area contributed by atoms with Gasteiger partial charge < -0.3 is 15.0 Å². The summed E-state index contributed by atoms with van der Waals surface area (Å²) in [4.78, 5) is 10.7. The third-order valence-corrected chi connectivity index (χ3v) is 3.13. The lowest BCUT2D eigenvalue weighted by Gasteiger charge is -2.21. The zero-order valence-electron chi connectivity index (χ0n) is 13.9. The minimum absolute atomic E-state index is 0.515. The molecule has 1 N–H and O–H groups in total. The van der Waals surface area contributed by atoms with Crippen LogP contribution >= 0.6 is 0 Å². The highest BCUT2D eigenvalue weighted by molar-refractivity contribution is 5.79. The van der Waals surface area contributed by atoms with Crippen molar-refractivity contribution in [2.75, 3.05) is 26.7 Å². The fourth-order valence-electron chi connectivity index (χ4n) is 2.12. The van der Waals surface area contributed by atoms with Crippen molar-refractivity contribution in [2.45, 2.75) is 13.5 Å². The van der Waals surface area contributed by atoms with E-state index in [0.29, 0.717) is 13.2 Å². The smallest absolute Gasteiger partial charge is 0.194 e. The summed E-state index contributed by atoms with van der Waals surface area (Å²) in [5.74, 6) is 1.61. The van der Waals surface area contributed by atoms with Gasteiger partial charge in [-0.05, 0) is 19.1 Å². The van der Waals surface area contributed by atoms with Crippen molar-refractivity contribution in [3.63, 3.8) is 0 Å². The van der Waals surface area contributed by atoms with Crippen molar-refractivity contribution in [1.82, 2.24) is 25.0 Å². The summed E-state index contributed by atoms with van der Waals surface area (Å²) < 4.78 is 7.41. The summed E-state index contributed by atoms with van der Waals surface area (Å²) in [5.41, 5.74) is 1.15. The van der Waals surface area contributed by atoms with Crippen LogP contribution in [-0.2, 0) is 13.6 Å². The Kier molecular flexibility index (Phi) is 6.40. The quantitative estimate of drug-likeness (QED) is 0.474. The van der Waals surface area contributed by atoms with Crippen molar-refractivity contribution in [3.8, 4) is 5.75 Å². The number of hydrogen-bond acceptors (Lipinski definition) is 4. The van der Waals surface area contributed by atoms with Crippen molar-refractivity contribution in [3.05, 3.63) is 42.5 Å². The molecule has 23 heavy (non-hydrogen) atoms. The van der Waals surface area contributed by atoms with Crippen LogP contribution in [0, 0.1) is 0 Å². The Morgan fingerprint density at radius 1 is 1.43 bits per heavy atom. The minimum atomic E-state index is 0.515. The Morgan fingerprint density at radius 3 is 2.96 bits per heavy atom. The second kappa shape index (κ2) is 8.77. The number of aryl methyl sites for hydroxylation is 1. The predicted molar refractivity (Wildman–Crippen MR) is 90.4 cm³/mol. The largest absolute Gasteiger partial charge is 0.490 e. The third kappa shape index (κ3) is 5.61. The molecule has 0 aromatic carbocycles. The van der Waals surface area contributed by atoms with Gasteiger partial charge in [0.1, 0.15) is 12.4 Å². The van der Waals surface area contributed by atoms with Gasteiger partial charge in [-0.15, -0.1) is 0 Å². The first-order chi connectivity index (χ1) is 11.2. The van der Waals surface area contributed by atoms with E-state index in [1.165, 1.54) is 0 Å². The van der Waals surface area contributed by atoms with Crippen LogP contribution in [0.25, 0.3) is 0 Å². The number of aliphatic imine (C=N–C) groups is 1. The number of rotatable bonds is 7. The molecule has 0 fully saturated rings. The fraction of sp³-hybridized carbons (Fsp3) is 0.438. The monoisotopic (exact) mass is 316 g/mol.